The van der Waals surface area contributed by atoms with Crippen molar-refractivity contribution in [2.45, 2.75) is 30.9 Å². The van der Waals surface area contributed by atoms with Crippen LogP contribution in [-0.2, 0) is 4.79 Å². The van der Waals surface area contributed by atoms with E-state index in [1.807, 2.05) is 31.2 Å². The zero-order valence-electron chi connectivity index (χ0n) is 13.3. The van der Waals surface area contributed by atoms with E-state index in [9.17, 15) is 4.79 Å². The number of ether oxygens (including phenoxy) is 1. The number of carbonyl (C=O) groups is 1. The van der Waals surface area contributed by atoms with Gasteiger partial charge in [0.15, 0.2) is 0 Å². The van der Waals surface area contributed by atoms with Gasteiger partial charge in [0.05, 0.1) is 12.4 Å². The fraction of sp³-hybridized carbons (Fsp3) is 0.278. The van der Waals surface area contributed by atoms with Gasteiger partial charge in [-0.25, -0.2) is 0 Å². The lowest BCUT2D eigenvalue weighted by Crippen LogP contribution is -2.22. The Morgan fingerprint density at radius 2 is 1.91 bits per heavy atom. The molecule has 1 unspecified atom stereocenters. The molecule has 0 heterocycles. The number of rotatable bonds is 5. The first-order valence-electron chi connectivity index (χ1n) is 7.18. The van der Waals surface area contributed by atoms with Crippen LogP contribution in [0, 0.1) is 13.8 Å². The molecule has 3 nitrogen and oxygen atoms in total. The highest BCUT2D eigenvalue weighted by molar-refractivity contribution is 8.00. The fourth-order valence-corrected chi connectivity index (χ4v) is 2.96. The molecule has 0 aliphatic rings. The zero-order valence-corrected chi connectivity index (χ0v) is 14.2. The van der Waals surface area contributed by atoms with Crippen molar-refractivity contribution in [1.29, 1.82) is 0 Å². The normalized spacial score (nSPS) is 11.8. The minimum absolute atomic E-state index is 0.0171. The summed E-state index contributed by atoms with van der Waals surface area (Å²) in [4.78, 5) is 13.4. The van der Waals surface area contributed by atoms with Crippen molar-refractivity contribution < 1.29 is 9.53 Å². The van der Waals surface area contributed by atoms with Crippen LogP contribution in [0.1, 0.15) is 18.1 Å². The van der Waals surface area contributed by atoms with Gasteiger partial charge in [-0.2, -0.15) is 0 Å². The number of amides is 1. The average molecular weight is 315 g/mol. The number of aryl methyl sites for hydroxylation is 2. The molecule has 0 fully saturated rings. The number of carbonyl (C=O) groups excluding carboxylic acids is 1. The molecule has 1 amide bonds. The number of hydrogen-bond acceptors (Lipinski definition) is 3. The average Bonchev–Trinajstić information content (AvgIpc) is 2.51. The summed E-state index contributed by atoms with van der Waals surface area (Å²) in [5, 5.41) is 2.75. The zero-order chi connectivity index (χ0) is 16.1. The second-order valence-corrected chi connectivity index (χ2v) is 6.64. The van der Waals surface area contributed by atoms with Gasteiger partial charge in [-0.05, 0) is 56.2 Å². The van der Waals surface area contributed by atoms with Crippen molar-refractivity contribution in [1.82, 2.24) is 0 Å². The molecule has 1 atom stereocenters. The van der Waals surface area contributed by atoms with Crippen LogP contribution in [0.2, 0.25) is 0 Å². The lowest BCUT2D eigenvalue weighted by molar-refractivity contribution is -0.115. The SMILES string of the molecule is COc1cccc(NC(=O)C(C)Sc2ccc(C)c(C)c2)c1. The number of anilines is 1. The first-order valence-corrected chi connectivity index (χ1v) is 8.06. The van der Waals surface area contributed by atoms with E-state index in [2.05, 4.69) is 37.4 Å². The van der Waals surface area contributed by atoms with Crippen LogP contribution in [0.4, 0.5) is 5.69 Å². The minimum Gasteiger partial charge on any atom is -0.497 e. The van der Waals surface area contributed by atoms with Crippen LogP contribution >= 0.6 is 11.8 Å². The third-order valence-corrected chi connectivity index (χ3v) is 4.59. The molecule has 116 valence electrons. The first kappa shape index (κ1) is 16.4. The maximum absolute atomic E-state index is 12.3. The first-order chi connectivity index (χ1) is 10.5. The Hall–Kier alpha value is -1.94. The number of thioether (sulfide) groups is 1. The van der Waals surface area contributed by atoms with E-state index < -0.39 is 0 Å². The van der Waals surface area contributed by atoms with Crippen LogP contribution in [0.25, 0.3) is 0 Å². The Kier molecular flexibility index (Phi) is 5.50. The lowest BCUT2D eigenvalue weighted by Gasteiger charge is -2.13. The van der Waals surface area contributed by atoms with Crippen molar-refractivity contribution in [2.24, 2.45) is 0 Å². The third kappa shape index (κ3) is 4.28. The van der Waals surface area contributed by atoms with Gasteiger partial charge in [0, 0.05) is 16.6 Å². The summed E-state index contributed by atoms with van der Waals surface area (Å²) in [6, 6.07) is 13.6. The van der Waals surface area contributed by atoms with Crippen LogP contribution in [0.3, 0.4) is 0 Å². The summed E-state index contributed by atoms with van der Waals surface area (Å²) < 4.78 is 5.16. The van der Waals surface area contributed by atoms with Gasteiger partial charge in [-0.1, -0.05) is 12.1 Å². The Morgan fingerprint density at radius 3 is 2.59 bits per heavy atom. The Morgan fingerprint density at radius 1 is 1.14 bits per heavy atom. The quantitative estimate of drug-likeness (QED) is 0.829. The molecule has 4 heteroatoms. The summed E-state index contributed by atoms with van der Waals surface area (Å²) in [7, 11) is 1.61. The fourth-order valence-electron chi connectivity index (χ4n) is 1.99. The van der Waals surface area contributed by atoms with Crippen LogP contribution in [0.15, 0.2) is 47.4 Å². The molecule has 0 spiro atoms. The molecule has 22 heavy (non-hydrogen) atoms. The highest BCUT2D eigenvalue weighted by atomic mass is 32.2. The lowest BCUT2D eigenvalue weighted by atomic mass is 10.1. The Labute approximate surface area is 136 Å². The predicted octanol–water partition coefficient (Wildman–Crippen LogP) is 4.43. The molecule has 0 saturated carbocycles. The third-order valence-electron chi connectivity index (χ3n) is 3.50. The van der Waals surface area contributed by atoms with E-state index in [0.29, 0.717) is 0 Å². The highest BCUT2D eigenvalue weighted by Crippen LogP contribution is 2.26. The molecule has 0 saturated heterocycles. The van der Waals surface area contributed by atoms with Crippen LogP contribution in [0.5, 0.6) is 5.75 Å². The van der Waals surface area contributed by atoms with Gasteiger partial charge in [0.2, 0.25) is 5.91 Å². The van der Waals surface area contributed by atoms with Crippen molar-refractivity contribution in [3.63, 3.8) is 0 Å². The smallest absolute Gasteiger partial charge is 0.237 e. The van der Waals surface area contributed by atoms with Gasteiger partial charge in [-0.15, -0.1) is 11.8 Å². The summed E-state index contributed by atoms with van der Waals surface area (Å²) in [5.41, 5.74) is 3.25. The Balaban J connectivity index is 2.00. The standard InChI is InChI=1S/C18H21NO2S/c1-12-8-9-17(10-13(12)2)22-14(3)18(20)19-15-6-5-7-16(11-15)21-4/h5-11,14H,1-4H3,(H,19,20). The molecule has 2 aromatic carbocycles. The van der Waals surface area contributed by atoms with Crippen LogP contribution in [-0.4, -0.2) is 18.3 Å². The molecule has 1 N–H and O–H groups in total. The molecule has 2 rings (SSSR count). The van der Waals surface area contributed by atoms with Gasteiger partial charge in [0.1, 0.15) is 5.75 Å². The predicted molar refractivity (Wildman–Crippen MR) is 92.9 cm³/mol. The molecular weight excluding hydrogens is 294 g/mol. The number of hydrogen-bond donors (Lipinski definition) is 1. The van der Waals surface area contributed by atoms with Gasteiger partial charge in [0.25, 0.3) is 0 Å². The monoisotopic (exact) mass is 315 g/mol. The summed E-state index contributed by atoms with van der Waals surface area (Å²) in [6.07, 6.45) is 0. The number of benzene rings is 2. The summed E-state index contributed by atoms with van der Waals surface area (Å²) >= 11 is 1.56. The van der Waals surface area contributed by atoms with E-state index in [0.717, 1.165) is 16.3 Å². The van der Waals surface area contributed by atoms with Crippen molar-refractivity contribution >= 4 is 23.4 Å². The molecule has 0 aliphatic heterocycles. The van der Waals surface area contributed by atoms with E-state index in [-0.39, 0.29) is 11.2 Å². The summed E-state index contributed by atoms with van der Waals surface area (Å²) in [6.45, 7) is 6.08. The van der Waals surface area contributed by atoms with E-state index in [4.69, 9.17) is 4.74 Å². The highest BCUT2D eigenvalue weighted by Gasteiger charge is 2.15. The molecular formula is C18H21NO2S. The maximum Gasteiger partial charge on any atom is 0.237 e. The largest absolute Gasteiger partial charge is 0.497 e. The summed E-state index contributed by atoms with van der Waals surface area (Å²) in [5.74, 6) is 0.712. The van der Waals surface area contributed by atoms with Crippen LogP contribution < -0.4 is 10.1 Å². The van der Waals surface area contributed by atoms with Crippen molar-refractivity contribution in [3.8, 4) is 5.75 Å². The van der Waals surface area contributed by atoms with Crippen molar-refractivity contribution in [2.75, 3.05) is 12.4 Å². The van der Waals surface area contributed by atoms with E-state index in [1.165, 1.54) is 11.1 Å². The number of nitrogens with one attached hydrogen (secondary N) is 1. The number of methoxy groups -OCH3 is 1. The second kappa shape index (κ2) is 7.36. The van der Waals surface area contributed by atoms with Gasteiger partial charge >= 0.3 is 0 Å². The molecule has 0 aliphatic carbocycles. The van der Waals surface area contributed by atoms with E-state index in [1.54, 1.807) is 18.9 Å². The maximum atomic E-state index is 12.3. The molecule has 2 aromatic rings. The molecule has 0 bridgehead atoms. The molecule has 0 aromatic heterocycles. The topological polar surface area (TPSA) is 38.3 Å². The van der Waals surface area contributed by atoms with E-state index >= 15 is 0 Å². The Bertz CT molecular complexity index is 670. The molecule has 0 radical (unpaired) electrons. The second-order valence-electron chi connectivity index (χ2n) is 5.23. The van der Waals surface area contributed by atoms with Gasteiger partial charge in [-0.3, -0.25) is 4.79 Å². The minimum atomic E-state index is -0.173. The van der Waals surface area contributed by atoms with Gasteiger partial charge < -0.3 is 10.1 Å². The van der Waals surface area contributed by atoms with Crippen molar-refractivity contribution in [3.05, 3.63) is 53.6 Å².